The van der Waals surface area contributed by atoms with Crippen LogP contribution < -0.4 is 10.6 Å². The van der Waals surface area contributed by atoms with Crippen LogP contribution in [0.1, 0.15) is 30.3 Å². The number of carbonyl (C=O) groups excluding carboxylic acids is 1. The Hall–Kier alpha value is -1.15. The average Bonchev–Trinajstić information content (AvgIpc) is 3.19. The third kappa shape index (κ3) is 4.27. The molecule has 0 bridgehead atoms. The fraction of sp³-hybridized carbons (Fsp3) is 0.533. The van der Waals surface area contributed by atoms with Crippen LogP contribution in [0.2, 0.25) is 0 Å². The molecule has 1 saturated heterocycles. The van der Waals surface area contributed by atoms with Gasteiger partial charge in [-0.25, -0.2) is 4.98 Å². The first kappa shape index (κ1) is 20.9. The van der Waals surface area contributed by atoms with Gasteiger partial charge in [-0.2, -0.15) is 5.10 Å². The fourth-order valence-corrected chi connectivity index (χ4v) is 3.64. The van der Waals surface area contributed by atoms with Crippen LogP contribution in [0.15, 0.2) is 24.0 Å². The Bertz CT molecular complexity index is 659. The highest BCUT2D eigenvalue weighted by Gasteiger charge is 2.37. The molecule has 0 aromatic carbocycles. The highest BCUT2D eigenvalue weighted by Crippen LogP contribution is 2.30. The predicted octanol–water partition coefficient (Wildman–Crippen LogP) is 2.07. The SMILES string of the molecule is Cl.Cl.Cn1cc([C@H]2CNC[C@@H]2C(=O)NC(C)(C)c2nccs2)cn1. The zero-order valence-electron chi connectivity index (χ0n) is 13.9. The summed E-state index contributed by atoms with van der Waals surface area (Å²) in [5, 5.41) is 13.5. The van der Waals surface area contributed by atoms with E-state index in [2.05, 4.69) is 20.7 Å². The van der Waals surface area contributed by atoms with E-state index in [0.717, 1.165) is 17.1 Å². The number of halogens is 2. The molecule has 3 heterocycles. The molecule has 2 aromatic rings. The summed E-state index contributed by atoms with van der Waals surface area (Å²) in [5.74, 6) is 0.156. The number of hydrogen-bond acceptors (Lipinski definition) is 5. The van der Waals surface area contributed by atoms with Gasteiger partial charge in [0.05, 0.1) is 17.7 Å². The average molecular weight is 392 g/mol. The number of amides is 1. The second-order valence-electron chi connectivity index (χ2n) is 6.27. The van der Waals surface area contributed by atoms with E-state index in [1.54, 1.807) is 22.2 Å². The van der Waals surface area contributed by atoms with Crippen LogP contribution in [0.4, 0.5) is 0 Å². The number of hydrogen-bond donors (Lipinski definition) is 2. The van der Waals surface area contributed by atoms with Gasteiger partial charge in [0.15, 0.2) is 0 Å². The Labute approximate surface area is 158 Å². The first-order valence-electron chi connectivity index (χ1n) is 7.38. The van der Waals surface area contributed by atoms with Gasteiger partial charge >= 0.3 is 0 Å². The minimum atomic E-state index is -0.451. The molecule has 1 aliphatic rings. The Morgan fingerprint density at radius 2 is 2.17 bits per heavy atom. The van der Waals surface area contributed by atoms with Gasteiger partial charge in [-0.05, 0) is 19.4 Å². The molecule has 134 valence electrons. The zero-order valence-corrected chi connectivity index (χ0v) is 16.3. The Balaban J connectivity index is 0.00000144. The summed E-state index contributed by atoms with van der Waals surface area (Å²) in [6, 6.07) is 0. The summed E-state index contributed by atoms with van der Waals surface area (Å²) in [7, 11) is 1.90. The molecule has 9 heteroatoms. The van der Waals surface area contributed by atoms with Crippen molar-refractivity contribution in [1.29, 1.82) is 0 Å². The van der Waals surface area contributed by atoms with Crippen LogP contribution in [-0.2, 0) is 17.4 Å². The Morgan fingerprint density at radius 1 is 1.42 bits per heavy atom. The number of aryl methyl sites for hydroxylation is 1. The van der Waals surface area contributed by atoms with E-state index >= 15 is 0 Å². The molecule has 2 aromatic heterocycles. The second kappa shape index (κ2) is 8.29. The molecule has 3 rings (SSSR count). The lowest BCUT2D eigenvalue weighted by atomic mass is 9.89. The molecule has 0 radical (unpaired) electrons. The fourth-order valence-electron chi connectivity index (χ4n) is 2.92. The quantitative estimate of drug-likeness (QED) is 0.836. The summed E-state index contributed by atoms with van der Waals surface area (Å²) < 4.78 is 1.78. The van der Waals surface area contributed by atoms with Gasteiger partial charge < -0.3 is 10.6 Å². The second-order valence-corrected chi connectivity index (χ2v) is 7.16. The van der Waals surface area contributed by atoms with Gasteiger partial charge in [0, 0.05) is 43.8 Å². The number of aromatic nitrogens is 3. The van der Waals surface area contributed by atoms with Crippen molar-refractivity contribution in [3.8, 4) is 0 Å². The molecule has 2 N–H and O–H groups in total. The number of rotatable bonds is 4. The van der Waals surface area contributed by atoms with Gasteiger partial charge in [0.25, 0.3) is 0 Å². The van der Waals surface area contributed by atoms with Crippen molar-refractivity contribution in [3.05, 3.63) is 34.5 Å². The van der Waals surface area contributed by atoms with Crippen molar-refractivity contribution in [3.63, 3.8) is 0 Å². The molecule has 0 unspecified atom stereocenters. The number of nitrogens with one attached hydrogen (secondary N) is 2. The monoisotopic (exact) mass is 391 g/mol. The van der Waals surface area contributed by atoms with Gasteiger partial charge in [-0.15, -0.1) is 36.2 Å². The smallest absolute Gasteiger partial charge is 0.225 e. The number of nitrogens with zero attached hydrogens (tertiary/aromatic N) is 3. The van der Waals surface area contributed by atoms with E-state index in [-0.39, 0.29) is 42.6 Å². The van der Waals surface area contributed by atoms with Crippen LogP contribution in [0, 0.1) is 5.92 Å². The van der Waals surface area contributed by atoms with Gasteiger partial charge in [-0.3, -0.25) is 9.48 Å². The summed E-state index contributed by atoms with van der Waals surface area (Å²) in [4.78, 5) is 17.1. The Kier molecular flexibility index (Phi) is 7.22. The molecule has 0 spiro atoms. The number of thiazole rings is 1. The molecule has 1 aliphatic heterocycles. The normalized spacial score (nSPS) is 20.1. The van der Waals surface area contributed by atoms with Gasteiger partial charge in [-0.1, -0.05) is 0 Å². The molecule has 0 aliphatic carbocycles. The molecular weight excluding hydrogens is 369 g/mol. The summed E-state index contributed by atoms with van der Waals surface area (Å²) >= 11 is 1.56. The zero-order chi connectivity index (χ0) is 15.7. The van der Waals surface area contributed by atoms with E-state index in [1.807, 2.05) is 38.7 Å². The van der Waals surface area contributed by atoms with Gasteiger partial charge in [0.1, 0.15) is 5.01 Å². The van der Waals surface area contributed by atoms with E-state index < -0.39 is 5.54 Å². The van der Waals surface area contributed by atoms with Gasteiger partial charge in [0.2, 0.25) is 5.91 Å². The molecule has 1 amide bonds. The van der Waals surface area contributed by atoms with Crippen LogP contribution >= 0.6 is 36.2 Å². The molecule has 2 atom stereocenters. The maximum atomic E-state index is 12.7. The van der Waals surface area contributed by atoms with Crippen molar-refractivity contribution in [2.75, 3.05) is 13.1 Å². The largest absolute Gasteiger partial charge is 0.344 e. The third-order valence-corrected chi connectivity index (χ3v) is 5.20. The lowest BCUT2D eigenvalue weighted by Crippen LogP contribution is -2.45. The topological polar surface area (TPSA) is 71.8 Å². The maximum Gasteiger partial charge on any atom is 0.225 e. The van der Waals surface area contributed by atoms with E-state index in [9.17, 15) is 4.79 Å². The van der Waals surface area contributed by atoms with Crippen molar-refractivity contribution < 1.29 is 4.79 Å². The highest BCUT2D eigenvalue weighted by molar-refractivity contribution is 7.09. The number of carbonyl (C=O) groups is 1. The molecule has 1 fully saturated rings. The minimum absolute atomic E-state index is 0. The van der Waals surface area contributed by atoms with E-state index in [1.165, 1.54) is 0 Å². The summed E-state index contributed by atoms with van der Waals surface area (Å²) in [6.07, 6.45) is 5.61. The van der Waals surface area contributed by atoms with Crippen LogP contribution in [0.5, 0.6) is 0 Å². The lowest BCUT2D eigenvalue weighted by molar-refractivity contribution is -0.126. The molecular formula is C15H23Cl2N5OS. The maximum absolute atomic E-state index is 12.7. The summed E-state index contributed by atoms with van der Waals surface area (Å²) in [5.41, 5.74) is 0.660. The van der Waals surface area contributed by atoms with E-state index in [4.69, 9.17) is 0 Å². The first-order valence-corrected chi connectivity index (χ1v) is 8.26. The van der Waals surface area contributed by atoms with Crippen LogP contribution in [-0.4, -0.2) is 33.8 Å². The summed E-state index contributed by atoms with van der Waals surface area (Å²) in [6.45, 7) is 5.48. The Morgan fingerprint density at radius 3 is 2.75 bits per heavy atom. The lowest BCUT2D eigenvalue weighted by Gasteiger charge is -2.27. The highest BCUT2D eigenvalue weighted by atomic mass is 35.5. The van der Waals surface area contributed by atoms with Crippen LogP contribution in [0.25, 0.3) is 0 Å². The minimum Gasteiger partial charge on any atom is -0.344 e. The van der Waals surface area contributed by atoms with Crippen molar-refractivity contribution in [2.24, 2.45) is 13.0 Å². The van der Waals surface area contributed by atoms with Crippen LogP contribution in [0.3, 0.4) is 0 Å². The van der Waals surface area contributed by atoms with E-state index in [0.29, 0.717) is 6.54 Å². The molecule has 0 saturated carbocycles. The first-order chi connectivity index (χ1) is 10.5. The third-order valence-electron chi connectivity index (χ3n) is 4.11. The van der Waals surface area contributed by atoms with Crippen molar-refractivity contribution >= 4 is 42.1 Å². The predicted molar refractivity (Wildman–Crippen MR) is 100 cm³/mol. The standard InChI is InChI=1S/C15H21N5OS.2ClH/c1-15(2,14-17-4-5-22-14)19-13(21)12-8-16-7-11(12)10-6-18-20(3)9-10;;/h4-6,9,11-12,16H,7-8H2,1-3H3,(H,19,21);2*1H/t11-,12+;;/m1../s1. The molecule has 6 nitrogen and oxygen atoms in total. The van der Waals surface area contributed by atoms with Crippen molar-refractivity contribution in [1.82, 2.24) is 25.4 Å². The van der Waals surface area contributed by atoms with Crippen molar-refractivity contribution in [2.45, 2.75) is 25.3 Å². The molecule has 24 heavy (non-hydrogen) atoms.